The zero-order chi connectivity index (χ0) is 21.7. The first kappa shape index (κ1) is 21.8. The molecule has 0 radical (unpaired) electrons. The molecule has 0 aliphatic carbocycles. The molecule has 0 aromatic carbocycles. The monoisotopic (exact) mass is 414 g/mol. The number of aromatic nitrogens is 2. The van der Waals surface area contributed by atoms with Crippen molar-refractivity contribution in [2.75, 3.05) is 25.5 Å². The summed E-state index contributed by atoms with van der Waals surface area (Å²) < 4.78 is 10.6. The van der Waals surface area contributed by atoms with E-state index in [0.29, 0.717) is 48.5 Å². The lowest BCUT2D eigenvalue weighted by Crippen LogP contribution is -2.43. The lowest BCUT2D eigenvalue weighted by atomic mass is 9.93. The molecular weight excluding hydrogens is 384 g/mol. The maximum absolute atomic E-state index is 12.6. The third kappa shape index (κ3) is 5.81. The molecule has 1 atom stereocenters. The average molecular weight is 415 g/mol. The van der Waals surface area contributed by atoms with E-state index in [1.54, 1.807) is 30.3 Å². The molecular formula is C22H30N4O4. The Balaban J connectivity index is 1.56. The molecule has 2 amide bonds. The highest BCUT2D eigenvalue weighted by Gasteiger charge is 2.27. The van der Waals surface area contributed by atoms with Gasteiger partial charge in [-0.2, -0.15) is 0 Å². The predicted octanol–water partition coefficient (Wildman–Crippen LogP) is 4.00. The number of nitrogens with one attached hydrogen (secondary N) is 1. The Morgan fingerprint density at radius 1 is 1.27 bits per heavy atom. The van der Waals surface area contributed by atoms with Crippen molar-refractivity contribution in [2.45, 2.75) is 52.1 Å². The van der Waals surface area contributed by atoms with Crippen LogP contribution in [0.15, 0.2) is 24.4 Å². The Morgan fingerprint density at radius 2 is 2.07 bits per heavy atom. The van der Waals surface area contributed by atoms with Crippen LogP contribution in [0, 0.1) is 5.92 Å². The molecule has 3 rings (SSSR count). The van der Waals surface area contributed by atoms with Crippen molar-refractivity contribution < 1.29 is 19.1 Å². The largest absolute Gasteiger partial charge is 0.481 e. The highest BCUT2D eigenvalue weighted by Crippen LogP contribution is 2.25. The Kier molecular flexibility index (Phi) is 6.74. The third-order valence-corrected chi connectivity index (χ3v) is 4.99. The number of hydrogen-bond acceptors (Lipinski definition) is 6. The summed E-state index contributed by atoms with van der Waals surface area (Å²) in [5.74, 6) is 0.668. The van der Waals surface area contributed by atoms with Crippen molar-refractivity contribution in [2.24, 2.45) is 5.92 Å². The van der Waals surface area contributed by atoms with Crippen LogP contribution < -0.4 is 10.1 Å². The summed E-state index contributed by atoms with van der Waals surface area (Å²) in [5, 5.41) is 2.94. The van der Waals surface area contributed by atoms with Gasteiger partial charge in [-0.25, -0.2) is 9.78 Å². The molecule has 0 saturated carbocycles. The van der Waals surface area contributed by atoms with Crippen molar-refractivity contribution >= 4 is 28.7 Å². The average Bonchev–Trinajstić information content (AvgIpc) is 2.71. The summed E-state index contributed by atoms with van der Waals surface area (Å²) in [6.45, 7) is 6.92. The van der Waals surface area contributed by atoms with E-state index in [0.717, 1.165) is 12.8 Å². The number of anilines is 1. The normalized spacial score (nSPS) is 16.9. The standard InChI is InChI=1S/C22H30N4O4/c1-22(2,3)30-21(28)26-13-5-6-15(14-26)7-9-18(27)24-17-11-12-23-16-8-10-19(29-4)25-20(16)17/h8,10-12,15H,5-7,9,13-14H2,1-4H3,(H,23,24,27). The van der Waals surface area contributed by atoms with Crippen LogP contribution in [0.5, 0.6) is 5.88 Å². The van der Waals surface area contributed by atoms with Crippen molar-refractivity contribution in [3.8, 4) is 5.88 Å². The quantitative estimate of drug-likeness (QED) is 0.795. The number of fused-ring (bicyclic) bond motifs is 1. The fourth-order valence-electron chi connectivity index (χ4n) is 3.56. The van der Waals surface area contributed by atoms with Crippen LogP contribution in [0.4, 0.5) is 10.5 Å². The maximum Gasteiger partial charge on any atom is 0.410 e. The number of carbonyl (C=O) groups excluding carboxylic acids is 2. The van der Waals surface area contributed by atoms with Crippen LogP contribution in [-0.4, -0.2) is 52.7 Å². The van der Waals surface area contributed by atoms with Gasteiger partial charge in [0.2, 0.25) is 11.8 Å². The SMILES string of the molecule is COc1ccc2nccc(NC(=O)CCC3CCCN(C(=O)OC(C)(C)C)C3)c2n1. The molecule has 30 heavy (non-hydrogen) atoms. The number of methoxy groups -OCH3 is 1. The molecule has 0 bridgehead atoms. The number of nitrogens with zero attached hydrogens (tertiary/aromatic N) is 3. The zero-order valence-corrected chi connectivity index (χ0v) is 18.1. The highest BCUT2D eigenvalue weighted by molar-refractivity contribution is 5.99. The minimum atomic E-state index is -0.506. The van der Waals surface area contributed by atoms with Gasteiger partial charge in [0, 0.05) is 31.8 Å². The van der Waals surface area contributed by atoms with Crippen LogP contribution in [0.2, 0.25) is 0 Å². The molecule has 1 aliphatic heterocycles. The van der Waals surface area contributed by atoms with Crippen LogP contribution in [0.25, 0.3) is 11.0 Å². The first-order valence-electron chi connectivity index (χ1n) is 10.3. The van der Waals surface area contributed by atoms with Crippen LogP contribution in [-0.2, 0) is 9.53 Å². The number of rotatable bonds is 5. The predicted molar refractivity (Wildman–Crippen MR) is 114 cm³/mol. The Bertz CT molecular complexity index is 910. The fraction of sp³-hybridized carbons (Fsp3) is 0.545. The number of piperidine rings is 1. The number of ether oxygens (including phenoxy) is 2. The Hall–Kier alpha value is -2.90. The summed E-state index contributed by atoms with van der Waals surface area (Å²) in [5.41, 5.74) is 1.39. The van der Waals surface area contributed by atoms with Crippen LogP contribution in [0.3, 0.4) is 0 Å². The first-order chi connectivity index (χ1) is 14.2. The van der Waals surface area contributed by atoms with E-state index < -0.39 is 5.60 Å². The number of carbonyl (C=O) groups is 2. The molecule has 2 aromatic rings. The summed E-state index contributed by atoms with van der Waals surface area (Å²) in [6.07, 6.45) is 4.38. The van der Waals surface area contributed by atoms with Crippen LogP contribution >= 0.6 is 0 Å². The van der Waals surface area contributed by atoms with E-state index in [2.05, 4.69) is 15.3 Å². The van der Waals surface area contributed by atoms with E-state index >= 15 is 0 Å². The molecule has 8 nitrogen and oxygen atoms in total. The molecule has 1 N–H and O–H groups in total. The van der Waals surface area contributed by atoms with E-state index in [1.165, 1.54) is 0 Å². The van der Waals surface area contributed by atoms with E-state index in [4.69, 9.17) is 9.47 Å². The summed E-state index contributed by atoms with van der Waals surface area (Å²) in [4.78, 5) is 35.3. The second kappa shape index (κ2) is 9.28. The molecule has 1 unspecified atom stereocenters. The van der Waals surface area contributed by atoms with Crippen molar-refractivity contribution in [3.05, 3.63) is 24.4 Å². The van der Waals surface area contributed by atoms with Crippen molar-refractivity contribution in [3.63, 3.8) is 0 Å². The van der Waals surface area contributed by atoms with Gasteiger partial charge in [-0.3, -0.25) is 9.78 Å². The second-order valence-electron chi connectivity index (χ2n) is 8.60. The molecule has 8 heteroatoms. The lowest BCUT2D eigenvalue weighted by molar-refractivity contribution is -0.116. The van der Waals surface area contributed by atoms with E-state index in [1.807, 2.05) is 26.8 Å². The Morgan fingerprint density at radius 3 is 2.80 bits per heavy atom. The molecule has 1 saturated heterocycles. The lowest BCUT2D eigenvalue weighted by Gasteiger charge is -2.34. The van der Waals surface area contributed by atoms with Gasteiger partial charge in [0.1, 0.15) is 11.1 Å². The topological polar surface area (TPSA) is 93.7 Å². The van der Waals surface area contributed by atoms with Gasteiger partial charge in [-0.15, -0.1) is 0 Å². The van der Waals surface area contributed by atoms with Gasteiger partial charge in [0.25, 0.3) is 0 Å². The minimum Gasteiger partial charge on any atom is -0.481 e. The summed E-state index contributed by atoms with van der Waals surface area (Å²) >= 11 is 0. The zero-order valence-electron chi connectivity index (χ0n) is 18.1. The molecule has 1 aliphatic rings. The smallest absolute Gasteiger partial charge is 0.410 e. The number of amides is 2. The fourth-order valence-corrected chi connectivity index (χ4v) is 3.56. The summed E-state index contributed by atoms with van der Waals surface area (Å²) in [6, 6.07) is 5.28. The van der Waals surface area contributed by atoms with Gasteiger partial charge >= 0.3 is 6.09 Å². The molecule has 2 aromatic heterocycles. The number of pyridine rings is 2. The van der Waals surface area contributed by atoms with Gasteiger partial charge < -0.3 is 19.7 Å². The Labute approximate surface area is 177 Å². The molecule has 3 heterocycles. The third-order valence-electron chi connectivity index (χ3n) is 4.99. The minimum absolute atomic E-state index is 0.0819. The molecule has 1 fully saturated rings. The van der Waals surface area contributed by atoms with Crippen LogP contribution in [0.1, 0.15) is 46.5 Å². The van der Waals surface area contributed by atoms with Gasteiger partial charge in [-0.1, -0.05) is 0 Å². The van der Waals surface area contributed by atoms with Crippen molar-refractivity contribution in [1.29, 1.82) is 0 Å². The summed E-state index contributed by atoms with van der Waals surface area (Å²) in [7, 11) is 1.55. The molecule has 0 spiro atoms. The van der Waals surface area contributed by atoms with E-state index in [9.17, 15) is 9.59 Å². The highest BCUT2D eigenvalue weighted by atomic mass is 16.6. The molecule has 162 valence electrons. The first-order valence-corrected chi connectivity index (χ1v) is 10.3. The van der Waals surface area contributed by atoms with Gasteiger partial charge in [0.15, 0.2) is 0 Å². The van der Waals surface area contributed by atoms with Gasteiger partial charge in [0.05, 0.1) is 18.3 Å². The van der Waals surface area contributed by atoms with Gasteiger partial charge in [-0.05, 0) is 58.1 Å². The number of hydrogen-bond donors (Lipinski definition) is 1. The number of likely N-dealkylation sites (tertiary alicyclic amines) is 1. The van der Waals surface area contributed by atoms with Crippen molar-refractivity contribution in [1.82, 2.24) is 14.9 Å². The second-order valence-corrected chi connectivity index (χ2v) is 8.60. The van der Waals surface area contributed by atoms with E-state index in [-0.39, 0.29) is 17.9 Å². The maximum atomic E-state index is 12.6.